The molecule has 10 heteroatoms. The number of rotatable bonds is 8. The number of benzene rings is 1. The van der Waals surface area contributed by atoms with Gasteiger partial charge in [0.2, 0.25) is 15.9 Å². The van der Waals surface area contributed by atoms with Crippen molar-refractivity contribution in [2.45, 2.75) is 30.4 Å². The molecule has 0 bridgehead atoms. The first-order valence-corrected chi connectivity index (χ1v) is 10.6. The minimum absolute atomic E-state index is 0.124. The topological polar surface area (TPSA) is 97.2 Å². The monoisotopic (exact) mass is 409 g/mol. The fourth-order valence-corrected chi connectivity index (χ4v) is 4.22. The Kier molecular flexibility index (Phi) is 6.79. The average Bonchev–Trinajstić information content (AvgIpc) is 2.95. The van der Waals surface area contributed by atoms with Crippen LogP contribution in [0.3, 0.4) is 0 Å². The van der Waals surface area contributed by atoms with E-state index in [0.717, 1.165) is 10.1 Å². The molecule has 0 saturated carbocycles. The molecule has 1 heterocycles. The minimum Gasteiger partial charge on any atom is -0.325 e. The van der Waals surface area contributed by atoms with Crippen LogP contribution >= 0.6 is 11.8 Å². The molecule has 0 aliphatic rings. The average molecular weight is 410 g/mol. The van der Waals surface area contributed by atoms with Gasteiger partial charge in [-0.1, -0.05) is 23.9 Å². The first kappa shape index (κ1) is 21.1. The van der Waals surface area contributed by atoms with E-state index in [1.54, 1.807) is 25.1 Å². The molecule has 1 amide bonds. The van der Waals surface area contributed by atoms with Gasteiger partial charge < -0.3 is 9.88 Å². The number of amides is 1. The van der Waals surface area contributed by atoms with E-state index >= 15 is 0 Å². The van der Waals surface area contributed by atoms with Crippen molar-refractivity contribution in [1.29, 1.82) is 0 Å². The zero-order valence-corrected chi connectivity index (χ0v) is 17.4. The molecular formula is C17H23N5O3S2. The van der Waals surface area contributed by atoms with Crippen LogP contribution in [0, 0.1) is 13.8 Å². The summed E-state index contributed by atoms with van der Waals surface area (Å²) in [6.07, 6.45) is 1.74. The van der Waals surface area contributed by atoms with Gasteiger partial charge in [0, 0.05) is 26.3 Å². The standard InChI is InChI=1S/C17H23N5O3S2/c1-6-9-22-13(3)19-20-17(22)26-11-16(23)18-14-8-7-12(2)15(10-14)27(24,25)21(4)5/h6-8,10H,1,9,11H2,2-5H3,(H,18,23). The number of allylic oxidation sites excluding steroid dienone is 1. The van der Waals surface area contributed by atoms with E-state index in [1.807, 2.05) is 11.5 Å². The van der Waals surface area contributed by atoms with Gasteiger partial charge in [-0.25, -0.2) is 12.7 Å². The molecule has 0 unspecified atom stereocenters. The number of nitrogens with zero attached hydrogens (tertiary/aromatic N) is 4. The molecule has 1 N–H and O–H groups in total. The van der Waals surface area contributed by atoms with Gasteiger partial charge in [0.15, 0.2) is 5.16 Å². The van der Waals surface area contributed by atoms with Gasteiger partial charge >= 0.3 is 0 Å². The molecule has 0 fully saturated rings. The van der Waals surface area contributed by atoms with Crippen LogP contribution in [0.15, 0.2) is 40.9 Å². The number of sulfonamides is 1. The summed E-state index contributed by atoms with van der Waals surface area (Å²) in [5.41, 5.74) is 1.04. The lowest BCUT2D eigenvalue weighted by molar-refractivity contribution is -0.113. The summed E-state index contributed by atoms with van der Waals surface area (Å²) in [6, 6.07) is 4.82. The van der Waals surface area contributed by atoms with Gasteiger partial charge in [-0.3, -0.25) is 4.79 Å². The van der Waals surface area contributed by atoms with E-state index in [4.69, 9.17) is 0 Å². The number of nitrogens with one attached hydrogen (secondary N) is 1. The number of hydrogen-bond acceptors (Lipinski definition) is 6. The highest BCUT2D eigenvalue weighted by Crippen LogP contribution is 2.23. The molecule has 1 aromatic heterocycles. The zero-order valence-electron chi connectivity index (χ0n) is 15.8. The van der Waals surface area contributed by atoms with E-state index in [1.165, 1.54) is 31.9 Å². The van der Waals surface area contributed by atoms with Gasteiger partial charge in [-0.05, 0) is 31.5 Å². The first-order valence-electron chi connectivity index (χ1n) is 8.13. The number of aromatic nitrogens is 3. The minimum atomic E-state index is -3.58. The van der Waals surface area contributed by atoms with Crippen molar-refractivity contribution >= 4 is 33.4 Å². The van der Waals surface area contributed by atoms with Crippen LogP contribution in [-0.2, 0) is 21.4 Å². The number of carbonyl (C=O) groups excluding carboxylic acids is 1. The maximum atomic E-state index is 12.4. The highest BCUT2D eigenvalue weighted by Gasteiger charge is 2.20. The summed E-state index contributed by atoms with van der Waals surface area (Å²) in [6.45, 7) is 7.81. The number of anilines is 1. The molecule has 2 rings (SSSR count). The van der Waals surface area contributed by atoms with Crippen molar-refractivity contribution in [1.82, 2.24) is 19.1 Å². The van der Waals surface area contributed by atoms with E-state index in [-0.39, 0.29) is 16.6 Å². The maximum absolute atomic E-state index is 12.4. The molecule has 0 aliphatic heterocycles. The molecule has 0 spiro atoms. The van der Waals surface area contributed by atoms with Crippen LogP contribution in [0.2, 0.25) is 0 Å². The van der Waals surface area contributed by atoms with Gasteiger partial charge in [0.05, 0.1) is 10.6 Å². The fourth-order valence-electron chi connectivity index (χ4n) is 2.29. The molecule has 0 atom stereocenters. The maximum Gasteiger partial charge on any atom is 0.242 e. The third-order valence-electron chi connectivity index (χ3n) is 3.78. The number of thioether (sulfide) groups is 1. The molecule has 0 saturated heterocycles. The molecule has 146 valence electrons. The van der Waals surface area contributed by atoms with Crippen molar-refractivity contribution in [2.75, 3.05) is 25.2 Å². The van der Waals surface area contributed by atoms with Crippen LogP contribution in [0.1, 0.15) is 11.4 Å². The second-order valence-electron chi connectivity index (χ2n) is 6.03. The lowest BCUT2D eigenvalue weighted by atomic mass is 10.2. The van der Waals surface area contributed by atoms with Crippen molar-refractivity contribution in [3.8, 4) is 0 Å². The molecule has 2 aromatic rings. The van der Waals surface area contributed by atoms with Gasteiger partial charge in [0.1, 0.15) is 5.82 Å². The first-order chi connectivity index (χ1) is 12.7. The Labute approximate surface area is 163 Å². The zero-order chi connectivity index (χ0) is 20.2. The van der Waals surface area contributed by atoms with Crippen LogP contribution < -0.4 is 5.32 Å². The predicted octanol–water partition coefficient (Wildman–Crippen LogP) is 2.06. The Morgan fingerprint density at radius 3 is 2.67 bits per heavy atom. The number of aryl methyl sites for hydroxylation is 2. The fraction of sp³-hybridized carbons (Fsp3) is 0.353. The summed E-state index contributed by atoms with van der Waals surface area (Å²) >= 11 is 1.26. The summed E-state index contributed by atoms with van der Waals surface area (Å²) in [5, 5.41) is 11.4. The van der Waals surface area contributed by atoms with Crippen LogP contribution in [0.5, 0.6) is 0 Å². The second kappa shape index (κ2) is 8.68. The number of hydrogen-bond donors (Lipinski definition) is 1. The second-order valence-corrected chi connectivity index (χ2v) is 9.10. The predicted molar refractivity (Wildman–Crippen MR) is 106 cm³/mol. The van der Waals surface area contributed by atoms with Crippen molar-refractivity contribution in [3.05, 3.63) is 42.2 Å². The Balaban J connectivity index is 2.10. The van der Waals surface area contributed by atoms with Gasteiger partial charge in [-0.15, -0.1) is 16.8 Å². The highest BCUT2D eigenvalue weighted by molar-refractivity contribution is 7.99. The summed E-state index contributed by atoms with van der Waals surface area (Å²) in [7, 11) is -0.644. The Hall–Kier alpha value is -2.17. The summed E-state index contributed by atoms with van der Waals surface area (Å²) in [4.78, 5) is 12.4. The van der Waals surface area contributed by atoms with E-state index in [0.29, 0.717) is 23.0 Å². The van der Waals surface area contributed by atoms with Crippen LogP contribution in [-0.4, -0.2) is 53.2 Å². The van der Waals surface area contributed by atoms with E-state index in [9.17, 15) is 13.2 Å². The largest absolute Gasteiger partial charge is 0.325 e. The molecule has 0 aliphatic carbocycles. The van der Waals surface area contributed by atoms with E-state index in [2.05, 4.69) is 22.1 Å². The van der Waals surface area contributed by atoms with Crippen molar-refractivity contribution < 1.29 is 13.2 Å². The molecule has 27 heavy (non-hydrogen) atoms. The number of carbonyl (C=O) groups is 1. The summed E-state index contributed by atoms with van der Waals surface area (Å²) < 4.78 is 27.8. The third-order valence-corrected chi connectivity index (χ3v) is 6.70. The highest BCUT2D eigenvalue weighted by atomic mass is 32.2. The lowest BCUT2D eigenvalue weighted by Crippen LogP contribution is -2.23. The Morgan fingerprint density at radius 1 is 1.33 bits per heavy atom. The lowest BCUT2D eigenvalue weighted by Gasteiger charge is -2.15. The summed E-state index contributed by atoms with van der Waals surface area (Å²) in [5.74, 6) is 0.608. The van der Waals surface area contributed by atoms with Gasteiger partial charge in [-0.2, -0.15) is 0 Å². The molecule has 8 nitrogen and oxygen atoms in total. The quantitative estimate of drug-likeness (QED) is 0.529. The Bertz CT molecular complexity index is 951. The SMILES string of the molecule is C=CCn1c(C)nnc1SCC(=O)Nc1ccc(C)c(S(=O)(=O)N(C)C)c1. The molecule has 1 aromatic carbocycles. The molecule has 0 radical (unpaired) electrons. The van der Waals surface area contributed by atoms with Gasteiger partial charge in [0.25, 0.3) is 0 Å². The Morgan fingerprint density at radius 2 is 2.04 bits per heavy atom. The van der Waals surface area contributed by atoms with Crippen LogP contribution in [0.25, 0.3) is 0 Å². The normalized spacial score (nSPS) is 11.6. The third kappa shape index (κ3) is 4.96. The van der Waals surface area contributed by atoms with Crippen molar-refractivity contribution in [2.24, 2.45) is 0 Å². The smallest absolute Gasteiger partial charge is 0.242 e. The molecular weight excluding hydrogens is 386 g/mol. The van der Waals surface area contributed by atoms with Crippen molar-refractivity contribution in [3.63, 3.8) is 0 Å². The van der Waals surface area contributed by atoms with Crippen LogP contribution in [0.4, 0.5) is 5.69 Å². The van der Waals surface area contributed by atoms with E-state index < -0.39 is 10.0 Å².